The summed E-state index contributed by atoms with van der Waals surface area (Å²) in [4.78, 5) is 32.1. The van der Waals surface area contributed by atoms with E-state index in [1.54, 1.807) is 29.9 Å². The molecule has 144 valence electrons. The Morgan fingerprint density at radius 2 is 1.90 bits per heavy atom. The molecule has 9 heteroatoms. The number of aryl methyl sites for hydroxylation is 2. The van der Waals surface area contributed by atoms with Gasteiger partial charge in [0.05, 0.1) is 11.8 Å². The summed E-state index contributed by atoms with van der Waals surface area (Å²) in [6.45, 7) is 1.67. The van der Waals surface area contributed by atoms with E-state index in [1.165, 1.54) is 6.20 Å². The first-order valence-corrected chi connectivity index (χ1v) is 8.75. The van der Waals surface area contributed by atoms with E-state index in [9.17, 15) is 9.59 Å². The van der Waals surface area contributed by atoms with Gasteiger partial charge in [-0.1, -0.05) is 17.3 Å². The Labute approximate surface area is 165 Å². The van der Waals surface area contributed by atoms with Gasteiger partial charge in [-0.3, -0.25) is 14.3 Å². The van der Waals surface area contributed by atoms with Gasteiger partial charge in [-0.05, 0) is 36.1 Å². The van der Waals surface area contributed by atoms with E-state index in [4.69, 9.17) is 5.73 Å². The lowest BCUT2D eigenvalue weighted by atomic mass is 10.1. The summed E-state index contributed by atoms with van der Waals surface area (Å²) in [5.74, 6) is -0.617. The number of hydrogen-bond donors (Lipinski definition) is 2. The van der Waals surface area contributed by atoms with Crippen LogP contribution in [-0.4, -0.2) is 36.8 Å². The van der Waals surface area contributed by atoms with Gasteiger partial charge in [-0.25, -0.2) is 9.97 Å². The monoisotopic (exact) mass is 387 g/mol. The van der Waals surface area contributed by atoms with Gasteiger partial charge in [0.15, 0.2) is 0 Å². The molecule has 3 heterocycles. The number of nitrogens with two attached hydrogens (primary N) is 1. The Morgan fingerprint density at radius 3 is 2.59 bits per heavy atom. The number of carbonyl (C=O) groups excluding carboxylic acids is 2. The van der Waals surface area contributed by atoms with Crippen molar-refractivity contribution in [2.75, 3.05) is 5.32 Å². The summed E-state index contributed by atoms with van der Waals surface area (Å²) in [6.07, 6.45) is 4.83. The van der Waals surface area contributed by atoms with Crippen molar-refractivity contribution < 1.29 is 9.59 Å². The summed E-state index contributed by atoms with van der Waals surface area (Å²) >= 11 is 0. The smallest absolute Gasteiger partial charge is 0.267 e. The highest BCUT2D eigenvalue weighted by Gasteiger charge is 2.13. The third kappa shape index (κ3) is 3.65. The molecule has 1 aromatic carbocycles. The predicted octanol–water partition coefficient (Wildman–Crippen LogP) is 2.08. The number of hydrogen-bond acceptors (Lipinski definition) is 6. The maximum absolute atomic E-state index is 12.5. The van der Waals surface area contributed by atoms with Gasteiger partial charge in [0, 0.05) is 30.4 Å². The number of amides is 2. The standard InChI is InChI=1S/C20H17N7O2/c1-11-5-15(9-23-18(11)19(21)28)20(29)24-17-7-14-6-12(3-4-13(14)8-22-17)16-10-27(2)26-25-16/h3-10H,1-2H3,(H2,21,28)(H,22,24,29). The van der Waals surface area contributed by atoms with Crippen molar-refractivity contribution in [3.63, 3.8) is 0 Å². The molecule has 0 spiro atoms. The fourth-order valence-corrected chi connectivity index (χ4v) is 2.99. The summed E-state index contributed by atoms with van der Waals surface area (Å²) in [7, 11) is 1.81. The Hall–Kier alpha value is -4.14. The number of rotatable bonds is 4. The fraction of sp³-hybridized carbons (Fsp3) is 0.100. The van der Waals surface area contributed by atoms with Gasteiger partial charge in [0.2, 0.25) is 0 Å². The number of aromatic nitrogens is 5. The molecule has 9 nitrogen and oxygen atoms in total. The predicted molar refractivity (Wildman–Crippen MR) is 107 cm³/mol. The average molecular weight is 387 g/mol. The topological polar surface area (TPSA) is 129 Å². The molecule has 0 saturated heterocycles. The Balaban J connectivity index is 1.61. The number of fused-ring (bicyclic) bond motifs is 1. The van der Waals surface area contributed by atoms with Crippen molar-refractivity contribution in [2.24, 2.45) is 12.8 Å². The molecule has 4 rings (SSSR count). The molecule has 2 amide bonds. The van der Waals surface area contributed by atoms with Crippen LogP contribution in [-0.2, 0) is 7.05 Å². The highest BCUT2D eigenvalue weighted by atomic mass is 16.2. The van der Waals surface area contributed by atoms with Crippen molar-refractivity contribution in [2.45, 2.75) is 6.92 Å². The molecule has 4 aromatic rings. The minimum absolute atomic E-state index is 0.141. The number of primary amides is 1. The first-order chi connectivity index (χ1) is 13.9. The quantitative estimate of drug-likeness (QED) is 0.552. The van der Waals surface area contributed by atoms with Crippen molar-refractivity contribution in [1.82, 2.24) is 25.0 Å². The summed E-state index contributed by atoms with van der Waals surface area (Å²) in [6, 6.07) is 9.19. The zero-order valence-electron chi connectivity index (χ0n) is 15.7. The van der Waals surface area contributed by atoms with E-state index < -0.39 is 5.91 Å². The van der Waals surface area contributed by atoms with Gasteiger partial charge in [-0.2, -0.15) is 0 Å². The summed E-state index contributed by atoms with van der Waals surface area (Å²) in [5, 5.41) is 12.6. The molecule has 0 aliphatic heterocycles. The Kier molecular flexibility index (Phi) is 4.47. The Bertz CT molecular complexity index is 1260. The lowest BCUT2D eigenvalue weighted by Gasteiger charge is -2.08. The van der Waals surface area contributed by atoms with E-state index in [2.05, 4.69) is 25.6 Å². The molecule has 3 aromatic heterocycles. The molecule has 0 bridgehead atoms. The van der Waals surface area contributed by atoms with Crippen molar-refractivity contribution >= 4 is 28.4 Å². The lowest BCUT2D eigenvalue weighted by Crippen LogP contribution is -2.18. The molecular weight excluding hydrogens is 370 g/mol. The van der Waals surface area contributed by atoms with E-state index in [1.807, 2.05) is 31.4 Å². The van der Waals surface area contributed by atoms with E-state index in [0.717, 1.165) is 22.0 Å². The van der Waals surface area contributed by atoms with Gasteiger partial charge < -0.3 is 11.1 Å². The maximum Gasteiger partial charge on any atom is 0.267 e. The van der Waals surface area contributed by atoms with E-state index >= 15 is 0 Å². The second kappa shape index (κ2) is 7.12. The van der Waals surface area contributed by atoms with Crippen LogP contribution in [0.1, 0.15) is 26.4 Å². The summed E-state index contributed by atoms with van der Waals surface area (Å²) < 4.78 is 1.64. The Morgan fingerprint density at radius 1 is 1.07 bits per heavy atom. The van der Waals surface area contributed by atoms with E-state index in [-0.39, 0.29) is 11.6 Å². The molecular formula is C20H17N7O2. The molecule has 0 atom stereocenters. The van der Waals surface area contributed by atoms with Gasteiger partial charge in [0.25, 0.3) is 11.8 Å². The number of nitrogens with one attached hydrogen (secondary N) is 1. The molecule has 3 N–H and O–H groups in total. The van der Waals surface area contributed by atoms with Crippen molar-refractivity contribution in [3.05, 3.63) is 65.7 Å². The normalized spacial score (nSPS) is 10.8. The molecule has 0 aliphatic carbocycles. The van der Waals surface area contributed by atoms with Crippen LogP contribution < -0.4 is 11.1 Å². The van der Waals surface area contributed by atoms with Gasteiger partial charge >= 0.3 is 0 Å². The molecule has 0 aliphatic rings. The zero-order valence-corrected chi connectivity index (χ0v) is 15.7. The minimum Gasteiger partial charge on any atom is -0.364 e. The number of nitrogens with zero attached hydrogens (tertiary/aromatic N) is 5. The van der Waals surface area contributed by atoms with Crippen LogP contribution in [0.3, 0.4) is 0 Å². The largest absolute Gasteiger partial charge is 0.364 e. The lowest BCUT2D eigenvalue weighted by molar-refractivity contribution is 0.0989. The van der Waals surface area contributed by atoms with Crippen LogP contribution in [0.25, 0.3) is 22.0 Å². The van der Waals surface area contributed by atoms with E-state index in [0.29, 0.717) is 16.9 Å². The molecule has 0 radical (unpaired) electrons. The summed E-state index contributed by atoms with van der Waals surface area (Å²) in [5.41, 5.74) is 7.90. The highest BCUT2D eigenvalue weighted by Crippen LogP contribution is 2.24. The zero-order chi connectivity index (χ0) is 20.5. The second-order valence-electron chi connectivity index (χ2n) is 6.62. The molecule has 0 fully saturated rings. The van der Waals surface area contributed by atoms with Crippen molar-refractivity contribution in [3.8, 4) is 11.3 Å². The van der Waals surface area contributed by atoms with Crippen LogP contribution in [0, 0.1) is 6.92 Å². The molecule has 0 unspecified atom stereocenters. The second-order valence-corrected chi connectivity index (χ2v) is 6.62. The van der Waals surface area contributed by atoms with Crippen LogP contribution in [0.4, 0.5) is 5.82 Å². The van der Waals surface area contributed by atoms with Crippen LogP contribution in [0.2, 0.25) is 0 Å². The molecule has 29 heavy (non-hydrogen) atoms. The number of benzene rings is 1. The number of carbonyl (C=O) groups is 2. The van der Waals surface area contributed by atoms with Crippen LogP contribution in [0.5, 0.6) is 0 Å². The van der Waals surface area contributed by atoms with Gasteiger partial charge in [0.1, 0.15) is 17.2 Å². The average Bonchev–Trinajstić information content (AvgIpc) is 3.13. The highest BCUT2D eigenvalue weighted by molar-refractivity contribution is 6.05. The van der Waals surface area contributed by atoms with Gasteiger partial charge in [-0.15, -0.1) is 5.10 Å². The SMILES string of the molecule is Cc1cc(C(=O)Nc2cc3cc(-c4cn(C)nn4)ccc3cn2)cnc1C(N)=O. The minimum atomic E-state index is -0.635. The van der Waals surface area contributed by atoms with Crippen LogP contribution in [0.15, 0.2) is 48.9 Å². The molecule has 0 saturated carbocycles. The van der Waals surface area contributed by atoms with Crippen LogP contribution >= 0.6 is 0 Å². The van der Waals surface area contributed by atoms with Crippen molar-refractivity contribution in [1.29, 1.82) is 0 Å². The first kappa shape index (κ1) is 18.2. The third-order valence-electron chi connectivity index (χ3n) is 4.44. The number of anilines is 1. The third-order valence-corrected chi connectivity index (χ3v) is 4.44. The fourth-order valence-electron chi connectivity index (χ4n) is 2.99. The maximum atomic E-state index is 12.5. The first-order valence-electron chi connectivity index (χ1n) is 8.75. The number of pyridine rings is 2.